The minimum absolute atomic E-state index is 0.0750. The average molecular weight is 440 g/mol. The Morgan fingerprint density at radius 1 is 1.23 bits per heavy atom. The van der Waals surface area contributed by atoms with E-state index in [9.17, 15) is 9.90 Å². The maximum atomic E-state index is 12.3. The number of pyridine rings is 1. The first-order valence-electron chi connectivity index (χ1n) is 9.26. The van der Waals surface area contributed by atoms with Crippen molar-refractivity contribution in [1.29, 1.82) is 0 Å². The molecule has 0 aliphatic rings. The lowest BCUT2D eigenvalue weighted by molar-refractivity contribution is 0.102. The van der Waals surface area contributed by atoms with Crippen molar-refractivity contribution in [3.63, 3.8) is 0 Å². The molecule has 1 amide bonds. The summed E-state index contributed by atoms with van der Waals surface area (Å²) in [6, 6.07) is 10.3. The van der Waals surface area contributed by atoms with Crippen LogP contribution in [0.3, 0.4) is 0 Å². The van der Waals surface area contributed by atoms with Gasteiger partial charge in [0.25, 0.3) is 5.91 Å². The number of carbonyl (C=O) groups is 1. The number of rotatable bonds is 7. The molecule has 0 radical (unpaired) electrons. The van der Waals surface area contributed by atoms with E-state index in [1.807, 2.05) is 0 Å². The van der Waals surface area contributed by atoms with E-state index in [1.54, 1.807) is 60.5 Å². The molecule has 0 saturated heterocycles. The molecule has 0 spiro atoms. The highest BCUT2D eigenvalue weighted by Crippen LogP contribution is 2.28. The SMILES string of the molecule is Cn1cc(NC(=O)c2ccc(OCc3c(-c4ccc(Cl)cc4)noc3CO)nc2)cn1. The fourth-order valence-corrected chi connectivity index (χ4v) is 3.01. The smallest absolute Gasteiger partial charge is 0.257 e. The highest BCUT2D eigenvalue weighted by Gasteiger charge is 2.18. The van der Waals surface area contributed by atoms with E-state index in [4.69, 9.17) is 20.9 Å². The Bertz CT molecular complexity index is 1190. The molecule has 0 saturated carbocycles. The zero-order chi connectivity index (χ0) is 21.8. The third-order valence-corrected chi connectivity index (χ3v) is 4.71. The fraction of sp³-hybridized carbons (Fsp3) is 0.143. The highest BCUT2D eigenvalue weighted by molar-refractivity contribution is 6.30. The number of ether oxygens (including phenoxy) is 1. The molecule has 4 rings (SSSR count). The van der Waals surface area contributed by atoms with Crippen molar-refractivity contribution in [3.05, 3.63) is 76.9 Å². The Hall–Kier alpha value is -3.69. The first kappa shape index (κ1) is 20.6. The maximum absolute atomic E-state index is 12.3. The average Bonchev–Trinajstić information content (AvgIpc) is 3.38. The molecule has 0 aliphatic heterocycles. The molecule has 9 nitrogen and oxygen atoms in total. The van der Waals surface area contributed by atoms with Crippen LogP contribution in [0.15, 0.2) is 59.5 Å². The number of carbonyl (C=O) groups excluding carboxylic acids is 1. The number of hydrogen-bond donors (Lipinski definition) is 2. The van der Waals surface area contributed by atoms with Crippen LogP contribution in [-0.2, 0) is 20.3 Å². The summed E-state index contributed by atoms with van der Waals surface area (Å²) in [5.41, 5.74) is 2.89. The Morgan fingerprint density at radius 2 is 2.03 bits per heavy atom. The van der Waals surface area contributed by atoms with Gasteiger partial charge in [0.2, 0.25) is 5.88 Å². The standard InChI is InChI=1S/C21H18ClN5O4/c1-27-10-16(9-24-27)25-21(29)14-4-7-19(23-8-14)30-12-17-18(11-28)31-26-20(17)13-2-5-15(22)6-3-13/h2-10,28H,11-12H2,1H3,(H,25,29). The minimum atomic E-state index is -0.319. The van der Waals surface area contributed by atoms with Gasteiger partial charge in [-0.15, -0.1) is 0 Å². The van der Waals surface area contributed by atoms with E-state index in [0.717, 1.165) is 5.56 Å². The summed E-state index contributed by atoms with van der Waals surface area (Å²) in [5.74, 6) is 0.307. The van der Waals surface area contributed by atoms with Gasteiger partial charge < -0.3 is 19.7 Å². The van der Waals surface area contributed by atoms with Crippen molar-refractivity contribution in [1.82, 2.24) is 19.9 Å². The van der Waals surface area contributed by atoms with Gasteiger partial charge >= 0.3 is 0 Å². The van der Waals surface area contributed by atoms with Gasteiger partial charge in [-0.3, -0.25) is 9.48 Å². The summed E-state index contributed by atoms with van der Waals surface area (Å²) in [7, 11) is 1.76. The third-order valence-electron chi connectivity index (χ3n) is 4.46. The number of nitrogens with one attached hydrogen (secondary N) is 1. The van der Waals surface area contributed by atoms with Gasteiger partial charge in [0.1, 0.15) is 18.9 Å². The number of amides is 1. The van der Waals surface area contributed by atoms with E-state index in [1.165, 1.54) is 6.20 Å². The molecule has 10 heteroatoms. The molecular weight excluding hydrogens is 422 g/mol. The van der Waals surface area contributed by atoms with E-state index >= 15 is 0 Å². The van der Waals surface area contributed by atoms with Gasteiger partial charge in [-0.1, -0.05) is 28.9 Å². The van der Waals surface area contributed by atoms with E-state index in [0.29, 0.717) is 39.2 Å². The van der Waals surface area contributed by atoms with Crippen molar-refractivity contribution in [2.24, 2.45) is 7.05 Å². The number of nitrogens with zero attached hydrogens (tertiary/aromatic N) is 4. The largest absolute Gasteiger partial charge is 0.473 e. The summed E-state index contributed by atoms with van der Waals surface area (Å²) in [6.45, 7) is -0.244. The van der Waals surface area contributed by atoms with Gasteiger partial charge in [-0.25, -0.2) is 4.98 Å². The molecule has 158 valence electrons. The first-order chi connectivity index (χ1) is 15.0. The van der Waals surface area contributed by atoms with Gasteiger partial charge in [0.15, 0.2) is 5.76 Å². The quantitative estimate of drug-likeness (QED) is 0.453. The lowest BCUT2D eigenvalue weighted by Gasteiger charge is -2.07. The van der Waals surface area contributed by atoms with E-state index < -0.39 is 0 Å². The van der Waals surface area contributed by atoms with Crippen LogP contribution in [0.2, 0.25) is 5.02 Å². The normalized spacial score (nSPS) is 10.8. The Balaban J connectivity index is 1.45. The second-order valence-corrected chi connectivity index (χ2v) is 7.06. The minimum Gasteiger partial charge on any atom is -0.473 e. The number of benzene rings is 1. The number of aryl methyl sites for hydroxylation is 1. The van der Waals surface area contributed by atoms with E-state index in [2.05, 4.69) is 20.6 Å². The molecule has 3 aromatic heterocycles. The summed E-state index contributed by atoms with van der Waals surface area (Å²) in [6.07, 6.45) is 4.67. The molecular formula is C21H18ClN5O4. The second-order valence-electron chi connectivity index (χ2n) is 6.63. The molecule has 3 heterocycles. The predicted molar refractivity (Wildman–Crippen MR) is 113 cm³/mol. The van der Waals surface area contributed by atoms with Crippen LogP contribution in [0, 0.1) is 0 Å². The van der Waals surface area contributed by atoms with Crippen LogP contribution in [0.25, 0.3) is 11.3 Å². The number of hydrogen-bond acceptors (Lipinski definition) is 7. The molecule has 0 aliphatic carbocycles. The van der Waals surface area contributed by atoms with Crippen molar-refractivity contribution < 1.29 is 19.2 Å². The molecule has 4 aromatic rings. The zero-order valence-corrected chi connectivity index (χ0v) is 17.2. The molecule has 0 fully saturated rings. The number of aliphatic hydroxyl groups is 1. The number of halogens is 1. The van der Waals surface area contributed by atoms with Crippen molar-refractivity contribution in [2.75, 3.05) is 5.32 Å². The highest BCUT2D eigenvalue weighted by atomic mass is 35.5. The van der Waals surface area contributed by atoms with Crippen LogP contribution in [0.5, 0.6) is 5.88 Å². The molecule has 0 unspecified atom stereocenters. The molecule has 31 heavy (non-hydrogen) atoms. The van der Waals surface area contributed by atoms with Gasteiger partial charge in [0, 0.05) is 36.1 Å². The zero-order valence-electron chi connectivity index (χ0n) is 16.4. The number of aromatic nitrogens is 4. The number of aliphatic hydroxyl groups excluding tert-OH is 1. The summed E-state index contributed by atoms with van der Waals surface area (Å²) in [5, 5.41) is 20.9. The van der Waals surface area contributed by atoms with Crippen LogP contribution in [-0.4, -0.2) is 30.9 Å². The first-order valence-corrected chi connectivity index (χ1v) is 9.64. The predicted octanol–water partition coefficient (Wildman–Crippen LogP) is 3.45. The summed E-state index contributed by atoms with van der Waals surface area (Å²) in [4.78, 5) is 16.5. The molecule has 2 N–H and O–H groups in total. The van der Waals surface area contributed by atoms with Crippen molar-refractivity contribution in [2.45, 2.75) is 13.2 Å². The Kier molecular flexibility index (Phi) is 5.96. The van der Waals surface area contributed by atoms with Crippen LogP contribution < -0.4 is 10.1 Å². The van der Waals surface area contributed by atoms with Crippen LogP contribution >= 0.6 is 11.6 Å². The molecule has 0 bridgehead atoms. The van der Waals surface area contributed by atoms with Gasteiger partial charge in [-0.05, 0) is 18.2 Å². The monoisotopic (exact) mass is 439 g/mol. The third kappa shape index (κ3) is 4.73. The fourth-order valence-electron chi connectivity index (χ4n) is 2.89. The van der Waals surface area contributed by atoms with Crippen LogP contribution in [0.1, 0.15) is 21.7 Å². The van der Waals surface area contributed by atoms with Crippen molar-refractivity contribution in [3.8, 4) is 17.1 Å². The number of anilines is 1. The summed E-state index contributed by atoms with van der Waals surface area (Å²) >= 11 is 5.94. The van der Waals surface area contributed by atoms with Gasteiger partial charge in [0.05, 0.1) is 23.0 Å². The summed E-state index contributed by atoms with van der Waals surface area (Å²) < 4.78 is 12.6. The van der Waals surface area contributed by atoms with E-state index in [-0.39, 0.29) is 19.1 Å². The maximum Gasteiger partial charge on any atom is 0.257 e. The lowest BCUT2D eigenvalue weighted by atomic mass is 10.1. The molecule has 0 atom stereocenters. The Morgan fingerprint density at radius 3 is 2.68 bits per heavy atom. The lowest BCUT2D eigenvalue weighted by Crippen LogP contribution is -2.12. The van der Waals surface area contributed by atoms with Gasteiger partial charge in [-0.2, -0.15) is 5.10 Å². The molecule has 1 aromatic carbocycles. The Labute approximate surface area is 182 Å². The second kappa shape index (κ2) is 8.99. The van der Waals surface area contributed by atoms with Crippen LogP contribution in [0.4, 0.5) is 5.69 Å². The van der Waals surface area contributed by atoms with Crippen molar-refractivity contribution >= 4 is 23.2 Å². The topological polar surface area (TPSA) is 115 Å².